The minimum absolute atomic E-state index is 0.159. The molecule has 0 unspecified atom stereocenters. The summed E-state index contributed by atoms with van der Waals surface area (Å²) in [5.74, 6) is 0.159. The molecule has 0 saturated carbocycles. The highest BCUT2D eigenvalue weighted by Gasteiger charge is 2.13. The Morgan fingerprint density at radius 3 is 2.47 bits per heavy atom. The zero-order chi connectivity index (χ0) is 10.8. The molecule has 0 amide bonds. The van der Waals surface area contributed by atoms with E-state index in [0.29, 0.717) is 6.42 Å². The molecule has 1 nitrogen and oxygen atoms in total. The van der Waals surface area contributed by atoms with Gasteiger partial charge in [0.05, 0.1) is 3.79 Å². The van der Waals surface area contributed by atoms with Gasteiger partial charge < -0.3 is 0 Å². The van der Waals surface area contributed by atoms with Gasteiger partial charge in [-0.25, -0.2) is 0 Å². The molecule has 2 aromatic rings. The van der Waals surface area contributed by atoms with Crippen LogP contribution in [-0.2, 0) is 6.42 Å². The summed E-state index contributed by atoms with van der Waals surface area (Å²) in [6.45, 7) is 0. The second-order valence-corrected chi connectivity index (χ2v) is 6.99. The zero-order valence-electron chi connectivity index (χ0n) is 7.50. The number of halogens is 2. The largest absolute Gasteiger partial charge is 0.294 e. The van der Waals surface area contributed by atoms with Gasteiger partial charge in [-0.3, -0.25) is 4.79 Å². The number of hydrogen-bond acceptors (Lipinski definition) is 3. The maximum Gasteiger partial charge on any atom is 0.170 e. The van der Waals surface area contributed by atoms with Crippen LogP contribution >= 0.6 is 54.5 Å². The molecular weight excluding hydrogens is 360 g/mol. The molecule has 0 aliphatic heterocycles. The van der Waals surface area contributed by atoms with E-state index in [0.717, 1.165) is 18.7 Å². The van der Waals surface area contributed by atoms with Gasteiger partial charge in [0.1, 0.15) is 0 Å². The molecule has 0 radical (unpaired) electrons. The summed E-state index contributed by atoms with van der Waals surface area (Å²) in [4.78, 5) is 13.0. The third kappa shape index (κ3) is 2.58. The van der Waals surface area contributed by atoms with Crippen molar-refractivity contribution in [2.75, 3.05) is 0 Å². The van der Waals surface area contributed by atoms with Crippen molar-refractivity contribution in [3.63, 3.8) is 0 Å². The van der Waals surface area contributed by atoms with Gasteiger partial charge in [-0.2, -0.15) is 0 Å². The van der Waals surface area contributed by atoms with Crippen LogP contribution in [0.15, 0.2) is 31.2 Å². The van der Waals surface area contributed by atoms with E-state index in [-0.39, 0.29) is 5.78 Å². The molecule has 0 atom stereocenters. The lowest BCUT2D eigenvalue weighted by Gasteiger charge is -1.97. The average Bonchev–Trinajstić information content (AvgIpc) is 2.76. The molecule has 2 heterocycles. The summed E-state index contributed by atoms with van der Waals surface area (Å²) in [7, 11) is 0. The molecule has 5 heteroatoms. The third-order valence-corrected chi connectivity index (χ3v) is 5.54. The Morgan fingerprint density at radius 2 is 1.93 bits per heavy atom. The van der Waals surface area contributed by atoms with Gasteiger partial charge in [0.25, 0.3) is 0 Å². The van der Waals surface area contributed by atoms with E-state index in [1.807, 2.05) is 22.9 Å². The Kier molecular flexibility index (Phi) is 3.77. The van der Waals surface area contributed by atoms with Gasteiger partial charge >= 0.3 is 0 Å². The maximum atomic E-state index is 11.9. The predicted molar refractivity (Wildman–Crippen MR) is 72.1 cm³/mol. The Balaban J connectivity index is 2.18. The van der Waals surface area contributed by atoms with Crippen molar-refractivity contribution in [1.82, 2.24) is 0 Å². The SMILES string of the molecule is O=C(Cc1sccc1Br)c1ccsc1Br. The van der Waals surface area contributed by atoms with Crippen LogP contribution < -0.4 is 0 Å². The lowest BCUT2D eigenvalue weighted by atomic mass is 10.1. The molecule has 2 rings (SSSR count). The molecule has 15 heavy (non-hydrogen) atoms. The Bertz CT molecular complexity index is 487. The van der Waals surface area contributed by atoms with Crippen molar-refractivity contribution in [2.24, 2.45) is 0 Å². The molecule has 0 fully saturated rings. The Labute approximate surface area is 112 Å². The van der Waals surface area contributed by atoms with Crippen LogP contribution in [0, 0.1) is 0 Å². The van der Waals surface area contributed by atoms with Crippen molar-refractivity contribution in [2.45, 2.75) is 6.42 Å². The number of ketones is 1. The van der Waals surface area contributed by atoms with Gasteiger partial charge in [-0.05, 0) is 54.8 Å². The van der Waals surface area contributed by atoms with Crippen molar-refractivity contribution < 1.29 is 4.79 Å². The van der Waals surface area contributed by atoms with Crippen LogP contribution in [0.1, 0.15) is 15.2 Å². The van der Waals surface area contributed by atoms with Gasteiger partial charge in [0.15, 0.2) is 5.78 Å². The highest BCUT2D eigenvalue weighted by atomic mass is 79.9. The first-order chi connectivity index (χ1) is 7.18. The van der Waals surface area contributed by atoms with Crippen LogP contribution in [0.5, 0.6) is 0 Å². The summed E-state index contributed by atoms with van der Waals surface area (Å²) in [6, 6.07) is 3.83. The second-order valence-electron chi connectivity index (χ2n) is 2.90. The van der Waals surface area contributed by atoms with Gasteiger partial charge in [0, 0.05) is 21.3 Å². The Hall–Kier alpha value is 0.0300. The number of rotatable bonds is 3. The quantitative estimate of drug-likeness (QED) is 0.716. The minimum Gasteiger partial charge on any atom is -0.294 e. The molecule has 0 saturated heterocycles. The third-order valence-electron chi connectivity index (χ3n) is 1.93. The number of carbonyl (C=O) groups excluding carboxylic acids is 1. The number of hydrogen-bond donors (Lipinski definition) is 0. The maximum absolute atomic E-state index is 11.9. The van der Waals surface area contributed by atoms with E-state index in [4.69, 9.17) is 0 Å². The van der Waals surface area contributed by atoms with Crippen molar-refractivity contribution in [3.8, 4) is 0 Å². The lowest BCUT2D eigenvalue weighted by molar-refractivity contribution is 0.0993. The topological polar surface area (TPSA) is 17.1 Å². The minimum atomic E-state index is 0.159. The van der Waals surface area contributed by atoms with E-state index < -0.39 is 0 Å². The molecule has 78 valence electrons. The van der Waals surface area contributed by atoms with Crippen LogP contribution in [0.25, 0.3) is 0 Å². The van der Waals surface area contributed by atoms with Crippen LogP contribution in [0.2, 0.25) is 0 Å². The fourth-order valence-electron chi connectivity index (χ4n) is 1.19. The number of Topliss-reactive ketones (excluding diaryl/α,β-unsaturated/α-hetero) is 1. The standard InChI is InChI=1S/C10H6Br2OS2/c11-7-2-4-14-9(7)5-8(13)6-1-3-15-10(6)12/h1-4H,5H2. The molecule has 0 aliphatic carbocycles. The van der Waals surface area contributed by atoms with Crippen molar-refractivity contribution >= 4 is 60.3 Å². The monoisotopic (exact) mass is 364 g/mol. The lowest BCUT2D eigenvalue weighted by Crippen LogP contribution is -2.01. The van der Waals surface area contributed by atoms with Gasteiger partial charge in [-0.1, -0.05) is 0 Å². The highest BCUT2D eigenvalue weighted by molar-refractivity contribution is 9.11. The summed E-state index contributed by atoms with van der Waals surface area (Å²) in [5.41, 5.74) is 0.778. The molecular formula is C10H6Br2OS2. The molecule has 2 aromatic heterocycles. The van der Waals surface area contributed by atoms with Crippen molar-refractivity contribution in [1.29, 1.82) is 0 Å². The molecule has 0 aromatic carbocycles. The first-order valence-corrected chi connectivity index (χ1v) is 7.51. The highest BCUT2D eigenvalue weighted by Crippen LogP contribution is 2.28. The van der Waals surface area contributed by atoms with Crippen LogP contribution in [0.3, 0.4) is 0 Å². The van der Waals surface area contributed by atoms with Gasteiger partial charge in [-0.15, -0.1) is 22.7 Å². The first kappa shape index (κ1) is 11.5. The fourth-order valence-corrected chi connectivity index (χ4v) is 3.99. The number of thiophene rings is 2. The van der Waals surface area contributed by atoms with E-state index in [1.165, 1.54) is 11.3 Å². The zero-order valence-corrected chi connectivity index (χ0v) is 12.3. The summed E-state index contributed by atoms with van der Waals surface area (Å²) in [5, 5.41) is 3.90. The molecule has 0 spiro atoms. The summed E-state index contributed by atoms with van der Waals surface area (Å²) in [6.07, 6.45) is 0.466. The number of carbonyl (C=O) groups is 1. The smallest absolute Gasteiger partial charge is 0.170 e. The Morgan fingerprint density at radius 1 is 1.20 bits per heavy atom. The van der Waals surface area contributed by atoms with Crippen LogP contribution in [-0.4, -0.2) is 5.78 Å². The van der Waals surface area contributed by atoms with E-state index >= 15 is 0 Å². The molecule has 0 bridgehead atoms. The predicted octanol–water partition coefficient (Wildman–Crippen LogP) is 4.76. The van der Waals surface area contributed by atoms with E-state index in [2.05, 4.69) is 31.9 Å². The van der Waals surface area contributed by atoms with Crippen LogP contribution in [0.4, 0.5) is 0 Å². The summed E-state index contributed by atoms with van der Waals surface area (Å²) >= 11 is 9.94. The summed E-state index contributed by atoms with van der Waals surface area (Å²) < 4.78 is 1.94. The molecule has 0 N–H and O–H groups in total. The average molecular weight is 366 g/mol. The first-order valence-electron chi connectivity index (χ1n) is 4.16. The van der Waals surface area contributed by atoms with Gasteiger partial charge in [0.2, 0.25) is 0 Å². The van der Waals surface area contributed by atoms with Crippen molar-refractivity contribution in [3.05, 3.63) is 41.6 Å². The normalized spacial score (nSPS) is 10.5. The second kappa shape index (κ2) is 4.91. The van der Waals surface area contributed by atoms with E-state index in [1.54, 1.807) is 11.3 Å². The molecule has 0 aliphatic rings. The fraction of sp³-hybridized carbons (Fsp3) is 0.100. The van der Waals surface area contributed by atoms with E-state index in [9.17, 15) is 4.79 Å².